The van der Waals surface area contributed by atoms with Crippen molar-refractivity contribution in [2.45, 2.75) is 354 Å². The predicted molar refractivity (Wildman–Crippen MR) is 339 cm³/mol. The van der Waals surface area contributed by atoms with Crippen LogP contribution < -0.4 is 0 Å². The van der Waals surface area contributed by atoms with Crippen molar-refractivity contribution in [3.05, 3.63) is 72.9 Å². The Hall–Kier alpha value is -3.15. The second kappa shape index (κ2) is 66.4. The van der Waals surface area contributed by atoms with Crippen LogP contribution in [0.3, 0.4) is 0 Å². The topological polar surface area (TPSA) is 78.9 Å². The van der Waals surface area contributed by atoms with Gasteiger partial charge in [0.2, 0.25) is 0 Å². The molecule has 0 aliphatic rings. The Balaban J connectivity index is 4.17. The highest BCUT2D eigenvalue weighted by Crippen LogP contribution is 2.17. The fraction of sp³-hybridized carbons (Fsp3) is 0.792. The summed E-state index contributed by atoms with van der Waals surface area (Å²) in [6.07, 6.45) is 86.5. The first-order chi connectivity index (χ1) is 38.5. The van der Waals surface area contributed by atoms with Crippen LogP contribution in [0.1, 0.15) is 348 Å². The van der Waals surface area contributed by atoms with Crippen LogP contribution >= 0.6 is 0 Å². The summed E-state index contributed by atoms with van der Waals surface area (Å²) >= 11 is 0. The van der Waals surface area contributed by atoms with E-state index in [0.29, 0.717) is 19.3 Å². The van der Waals surface area contributed by atoms with E-state index in [4.69, 9.17) is 14.2 Å². The Kier molecular flexibility index (Phi) is 63.7. The molecule has 0 saturated carbocycles. The molecule has 0 bridgehead atoms. The lowest BCUT2D eigenvalue weighted by Gasteiger charge is -2.18. The van der Waals surface area contributed by atoms with Crippen molar-refractivity contribution in [2.75, 3.05) is 13.2 Å². The molecule has 0 radical (unpaired) electrons. The number of carbonyl (C=O) groups excluding carboxylic acids is 3. The lowest BCUT2D eigenvalue weighted by atomic mass is 10.0. The first-order valence-corrected chi connectivity index (χ1v) is 33.9. The van der Waals surface area contributed by atoms with Crippen LogP contribution in [0.15, 0.2) is 72.9 Å². The smallest absolute Gasteiger partial charge is 0.306 e. The van der Waals surface area contributed by atoms with Crippen molar-refractivity contribution in [3.63, 3.8) is 0 Å². The minimum absolute atomic E-state index is 0.0829. The second-order valence-corrected chi connectivity index (χ2v) is 22.7. The summed E-state index contributed by atoms with van der Waals surface area (Å²) in [5.74, 6) is -0.896. The van der Waals surface area contributed by atoms with Gasteiger partial charge < -0.3 is 14.2 Å². The van der Waals surface area contributed by atoms with Crippen LogP contribution in [0.25, 0.3) is 0 Å². The SMILES string of the molecule is CCC/C=C\C/C=C\CCCCCCCC(=O)OCC(COC(=O)CCCCCCCCCCCCCCCCCCCCC/C=C\C/C=C\CCCCCCC)OC(=O)CCCCCCC/C=C\C/C=C\CCCCCC. The molecule has 0 saturated heterocycles. The van der Waals surface area contributed by atoms with Gasteiger partial charge in [0.15, 0.2) is 6.10 Å². The second-order valence-electron chi connectivity index (χ2n) is 22.7. The van der Waals surface area contributed by atoms with Gasteiger partial charge in [-0.05, 0) is 109 Å². The van der Waals surface area contributed by atoms with E-state index in [0.717, 1.165) is 116 Å². The molecule has 1 atom stereocenters. The van der Waals surface area contributed by atoms with Gasteiger partial charge in [0.05, 0.1) is 0 Å². The Labute approximate surface area is 484 Å². The molecule has 0 aromatic carbocycles. The Morgan fingerprint density at radius 1 is 0.256 bits per heavy atom. The molecule has 1 unspecified atom stereocenters. The van der Waals surface area contributed by atoms with Gasteiger partial charge in [-0.25, -0.2) is 0 Å². The van der Waals surface area contributed by atoms with Crippen LogP contribution in [0.5, 0.6) is 0 Å². The highest BCUT2D eigenvalue weighted by atomic mass is 16.6. The molecule has 452 valence electrons. The van der Waals surface area contributed by atoms with Gasteiger partial charge >= 0.3 is 17.9 Å². The fourth-order valence-electron chi connectivity index (χ4n) is 9.78. The predicted octanol–water partition coefficient (Wildman–Crippen LogP) is 23.3. The third-order valence-corrected chi connectivity index (χ3v) is 14.9. The first-order valence-electron chi connectivity index (χ1n) is 33.9. The first kappa shape index (κ1) is 74.8. The van der Waals surface area contributed by atoms with E-state index < -0.39 is 6.10 Å². The van der Waals surface area contributed by atoms with Crippen LogP contribution in [-0.2, 0) is 28.6 Å². The number of hydrogen-bond acceptors (Lipinski definition) is 6. The maximum absolute atomic E-state index is 12.9. The van der Waals surface area contributed by atoms with Gasteiger partial charge in [0, 0.05) is 19.3 Å². The number of unbranched alkanes of at least 4 members (excludes halogenated alkanes) is 39. The molecule has 0 amide bonds. The Morgan fingerprint density at radius 2 is 0.487 bits per heavy atom. The molecule has 6 nitrogen and oxygen atoms in total. The van der Waals surface area contributed by atoms with E-state index in [9.17, 15) is 14.4 Å². The molecule has 0 rings (SSSR count). The van der Waals surface area contributed by atoms with E-state index >= 15 is 0 Å². The molecule has 0 N–H and O–H groups in total. The van der Waals surface area contributed by atoms with Crippen molar-refractivity contribution in [3.8, 4) is 0 Å². The zero-order valence-electron chi connectivity index (χ0n) is 51.9. The lowest BCUT2D eigenvalue weighted by molar-refractivity contribution is -0.167. The normalized spacial score (nSPS) is 12.5. The summed E-state index contributed by atoms with van der Waals surface area (Å²) in [4.78, 5) is 38.3. The largest absolute Gasteiger partial charge is 0.462 e. The zero-order chi connectivity index (χ0) is 56.4. The number of allylic oxidation sites excluding steroid dienone is 12. The lowest BCUT2D eigenvalue weighted by Crippen LogP contribution is -2.30. The third-order valence-electron chi connectivity index (χ3n) is 14.9. The summed E-state index contributed by atoms with van der Waals surface area (Å²) in [5, 5.41) is 0. The van der Waals surface area contributed by atoms with Gasteiger partial charge in [-0.15, -0.1) is 0 Å². The number of rotatable bonds is 62. The van der Waals surface area contributed by atoms with Crippen molar-refractivity contribution in [1.82, 2.24) is 0 Å². The monoisotopic (exact) mass is 1090 g/mol. The minimum atomic E-state index is -0.788. The Morgan fingerprint density at radius 3 is 0.769 bits per heavy atom. The molecule has 0 heterocycles. The van der Waals surface area contributed by atoms with Gasteiger partial charge in [-0.3, -0.25) is 14.4 Å². The van der Waals surface area contributed by atoms with E-state index in [1.807, 2.05) is 0 Å². The zero-order valence-corrected chi connectivity index (χ0v) is 51.9. The fourth-order valence-corrected chi connectivity index (χ4v) is 9.78. The summed E-state index contributed by atoms with van der Waals surface area (Å²) in [6.45, 7) is 6.56. The van der Waals surface area contributed by atoms with Crippen LogP contribution in [-0.4, -0.2) is 37.2 Å². The third kappa shape index (κ3) is 63.7. The summed E-state index contributed by atoms with van der Waals surface area (Å²) in [7, 11) is 0. The highest BCUT2D eigenvalue weighted by Gasteiger charge is 2.19. The van der Waals surface area contributed by atoms with Crippen LogP contribution in [0, 0.1) is 0 Å². The maximum Gasteiger partial charge on any atom is 0.306 e. The van der Waals surface area contributed by atoms with Gasteiger partial charge in [-0.1, -0.05) is 293 Å². The number of esters is 3. The number of ether oxygens (including phenoxy) is 3. The molecular weight excluding hydrogens is 961 g/mol. The molecule has 6 heteroatoms. The molecule has 78 heavy (non-hydrogen) atoms. The summed E-state index contributed by atoms with van der Waals surface area (Å²) in [5.41, 5.74) is 0. The van der Waals surface area contributed by atoms with Gasteiger partial charge in [0.25, 0.3) is 0 Å². The summed E-state index contributed by atoms with van der Waals surface area (Å²) in [6, 6.07) is 0. The average molecular weight is 1090 g/mol. The molecule has 0 aromatic heterocycles. The standard InChI is InChI=1S/C72H128O6/c1-4-7-10-13-16-19-22-25-27-29-30-31-32-33-34-35-36-37-38-39-40-41-42-43-45-47-50-53-56-59-62-65-71(74)77-68-69(67-76-70(73)64-61-58-55-52-49-46-24-21-18-15-12-9-6-3)78-72(75)66-63-60-57-54-51-48-44-28-26-23-20-17-14-11-8-5-2/h12,15,20-25,28-30,44,69H,4-11,13-14,16-19,26-27,31-43,45-68H2,1-3H3/b15-12-,23-20-,24-21-,25-22-,30-29-,44-28-. The van der Waals surface area contributed by atoms with Crippen molar-refractivity contribution >= 4 is 17.9 Å². The molecule has 0 spiro atoms. The average Bonchev–Trinajstić information content (AvgIpc) is 3.44. The molecule has 0 aliphatic carbocycles. The maximum atomic E-state index is 12.9. The van der Waals surface area contributed by atoms with E-state index in [1.165, 1.54) is 193 Å². The summed E-state index contributed by atoms with van der Waals surface area (Å²) < 4.78 is 16.9. The van der Waals surface area contributed by atoms with E-state index in [-0.39, 0.29) is 31.1 Å². The quantitative estimate of drug-likeness (QED) is 0.0261. The molecular formula is C72H128O6. The molecule has 0 aliphatic heterocycles. The number of hydrogen-bond donors (Lipinski definition) is 0. The van der Waals surface area contributed by atoms with Crippen LogP contribution in [0.4, 0.5) is 0 Å². The number of carbonyl (C=O) groups is 3. The van der Waals surface area contributed by atoms with Crippen LogP contribution in [0.2, 0.25) is 0 Å². The molecule has 0 aromatic rings. The Bertz CT molecular complexity index is 1440. The van der Waals surface area contributed by atoms with Gasteiger partial charge in [0.1, 0.15) is 13.2 Å². The van der Waals surface area contributed by atoms with E-state index in [1.54, 1.807) is 0 Å². The van der Waals surface area contributed by atoms with E-state index in [2.05, 4.69) is 93.7 Å². The van der Waals surface area contributed by atoms with Crippen molar-refractivity contribution in [2.24, 2.45) is 0 Å². The molecule has 0 fully saturated rings. The highest BCUT2D eigenvalue weighted by molar-refractivity contribution is 5.71. The van der Waals surface area contributed by atoms with Gasteiger partial charge in [-0.2, -0.15) is 0 Å². The van der Waals surface area contributed by atoms with Crippen molar-refractivity contribution in [1.29, 1.82) is 0 Å². The van der Waals surface area contributed by atoms with Crippen molar-refractivity contribution < 1.29 is 28.6 Å². The minimum Gasteiger partial charge on any atom is -0.462 e.